The van der Waals surface area contributed by atoms with Crippen LogP contribution in [0.15, 0.2) is 95.1 Å². The fourth-order valence-electron chi connectivity index (χ4n) is 3.05. The van der Waals surface area contributed by atoms with Gasteiger partial charge in [-0.2, -0.15) is 10.2 Å². The Hall–Kier alpha value is -5.52. The van der Waals surface area contributed by atoms with Crippen LogP contribution in [-0.4, -0.2) is 44.2 Å². The molecule has 0 saturated carbocycles. The molecule has 0 aliphatic heterocycles. The number of nitro groups is 1. The number of nitrogens with one attached hydrogen (secondary N) is 2. The van der Waals surface area contributed by atoms with E-state index in [1.165, 1.54) is 36.7 Å². The van der Waals surface area contributed by atoms with E-state index >= 15 is 0 Å². The third-order valence-corrected chi connectivity index (χ3v) is 4.76. The van der Waals surface area contributed by atoms with Crippen molar-refractivity contribution in [2.24, 2.45) is 10.2 Å². The maximum Gasteiger partial charge on any atom is 0.294 e. The topological polar surface area (TPSA) is 157 Å². The van der Waals surface area contributed by atoms with Crippen LogP contribution in [0.25, 0.3) is 5.69 Å². The molecule has 1 heterocycles. The van der Waals surface area contributed by atoms with Gasteiger partial charge in [0, 0.05) is 12.1 Å². The van der Waals surface area contributed by atoms with Crippen molar-refractivity contribution in [3.05, 3.63) is 118 Å². The molecule has 0 saturated heterocycles. The van der Waals surface area contributed by atoms with E-state index in [-0.39, 0.29) is 22.8 Å². The van der Waals surface area contributed by atoms with Crippen LogP contribution in [0, 0.1) is 10.1 Å². The van der Waals surface area contributed by atoms with Crippen molar-refractivity contribution in [3.8, 4) is 5.69 Å². The van der Waals surface area contributed by atoms with E-state index < -0.39 is 16.7 Å². The molecule has 0 aliphatic carbocycles. The third kappa shape index (κ3) is 5.69. The highest BCUT2D eigenvalue weighted by Crippen LogP contribution is 2.18. The highest BCUT2D eigenvalue weighted by molar-refractivity contribution is 6.05. The Bertz CT molecular complexity index is 1430. The van der Waals surface area contributed by atoms with Gasteiger partial charge in [-0.1, -0.05) is 65.9 Å². The van der Waals surface area contributed by atoms with Crippen molar-refractivity contribution in [1.29, 1.82) is 0 Å². The number of non-ortho nitro benzene ring substituents is 1. The average Bonchev–Trinajstić information content (AvgIpc) is 3.35. The Morgan fingerprint density at radius 1 is 0.806 bits per heavy atom. The fourth-order valence-corrected chi connectivity index (χ4v) is 3.05. The Morgan fingerprint density at radius 3 is 1.86 bits per heavy atom. The number of hydrazone groups is 2. The minimum absolute atomic E-state index is 0.148. The number of rotatable bonds is 8. The zero-order valence-corrected chi connectivity index (χ0v) is 18.6. The first-order chi connectivity index (χ1) is 17.5. The maximum absolute atomic E-state index is 13.0. The summed E-state index contributed by atoms with van der Waals surface area (Å²) in [5, 5.41) is 26.6. The van der Waals surface area contributed by atoms with Crippen LogP contribution in [-0.2, 0) is 0 Å². The SMILES string of the molecule is O=C(N/N=C\c1ccccc1)c1nnn(-c2ccc([N+](=O)[O-])cc2)c1C(=O)N/N=C/c1ccccc1. The molecule has 0 unspecified atom stereocenters. The van der Waals surface area contributed by atoms with Gasteiger partial charge in [-0.3, -0.25) is 19.7 Å². The van der Waals surface area contributed by atoms with Gasteiger partial charge in [-0.25, -0.2) is 15.5 Å². The molecule has 0 fully saturated rings. The summed E-state index contributed by atoms with van der Waals surface area (Å²) in [6.45, 7) is 0. The number of aromatic nitrogens is 3. The minimum Gasteiger partial charge on any atom is -0.265 e. The fraction of sp³-hybridized carbons (Fsp3) is 0. The summed E-state index contributed by atoms with van der Waals surface area (Å²) in [5.41, 5.74) is 5.75. The quantitative estimate of drug-likeness (QED) is 0.223. The first kappa shape index (κ1) is 23.6. The molecule has 0 bridgehead atoms. The number of nitro benzene ring substituents is 1. The van der Waals surface area contributed by atoms with Gasteiger partial charge in [0.15, 0.2) is 11.4 Å². The van der Waals surface area contributed by atoms with Crippen LogP contribution < -0.4 is 10.9 Å². The molecule has 36 heavy (non-hydrogen) atoms. The number of carbonyl (C=O) groups excluding carboxylic acids is 2. The summed E-state index contributed by atoms with van der Waals surface area (Å²) in [6, 6.07) is 23.4. The Balaban J connectivity index is 1.62. The second-order valence-corrected chi connectivity index (χ2v) is 7.19. The van der Waals surface area contributed by atoms with Crippen molar-refractivity contribution in [1.82, 2.24) is 25.8 Å². The Morgan fingerprint density at radius 2 is 1.33 bits per heavy atom. The summed E-state index contributed by atoms with van der Waals surface area (Å²) in [7, 11) is 0. The number of benzene rings is 3. The lowest BCUT2D eigenvalue weighted by Gasteiger charge is -2.06. The van der Waals surface area contributed by atoms with Crippen LogP contribution in [0.5, 0.6) is 0 Å². The summed E-state index contributed by atoms with van der Waals surface area (Å²) in [6.07, 6.45) is 2.87. The Kier molecular flexibility index (Phi) is 7.27. The lowest BCUT2D eigenvalue weighted by Crippen LogP contribution is -2.27. The number of hydrogen-bond donors (Lipinski definition) is 2. The van der Waals surface area contributed by atoms with E-state index in [1.807, 2.05) is 36.4 Å². The highest BCUT2D eigenvalue weighted by Gasteiger charge is 2.26. The second-order valence-electron chi connectivity index (χ2n) is 7.19. The lowest BCUT2D eigenvalue weighted by molar-refractivity contribution is -0.384. The van der Waals surface area contributed by atoms with Crippen LogP contribution in [0.3, 0.4) is 0 Å². The number of nitrogens with zero attached hydrogens (tertiary/aromatic N) is 6. The van der Waals surface area contributed by atoms with Gasteiger partial charge in [0.2, 0.25) is 0 Å². The molecule has 12 heteroatoms. The molecule has 1 aromatic heterocycles. The predicted molar refractivity (Wildman–Crippen MR) is 131 cm³/mol. The van der Waals surface area contributed by atoms with Crippen molar-refractivity contribution >= 4 is 29.9 Å². The zero-order valence-electron chi connectivity index (χ0n) is 18.6. The molecule has 0 spiro atoms. The zero-order chi connectivity index (χ0) is 25.3. The third-order valence-electron chi connectivity index (χ3n) is 4.76. The van der Waals surface area contributed by atoms with E-state index in [2.05, 4.69) is 31.4 Å². The van der Waals surface area contributed by atoms with Gasteiger partial charge in [0.05, 0.1) is 23.0 Å². The molecule has 0 aliphatic rings. The second kappa shape index (κ2) is 11.1. The normalized spacial score (nSPS) is 11.0. The molecule has 2 N–H and O–H groups in total. The average molecular weight is 482 g/mol. The van der Waals surface area contributed by atoms with Gasteiger partial charge in [0.1, 0.15) is 0 Å². The highest BCUT2D eigenvalue weighted by atomic mass is 16.6. The first-order valence-electron chi connectivity index (χ1n) is 10.5. The standard InChI is InChI=1S/C24H18N8O4/c33-23(28-25-15-17-7-3-1-4-8-17)21-22(24(34)29-26-16-18-9-5-2-6-10-18)31(30-27-21)19-11-13-20(14-12-19)32(35)36/h1-16H,(H,28,33)(H,29,34)/b25-15-,26-16+. The van der Waals surface area contributed by atoms with Crippen LogP contribution in [0.1, 0.15) is 32.1 Å². The maximum atomic E-state index is 13.0. The lowest BCUT2D eigenvalue weighted by atomic mass is 10.2. The molecule has 4 aromatic rings. The summed E-state index contributed by atoms with van der Waals surface area (Å²) < 4.78 is 1.09. The van der Waals surface area contributed by atoms with Crippen molar-refractivity contribution < 1.29 is 14.5 Å². The van der Waals surface area contributed by atoms with Gasteiger partial charge in [-0.05, 0) is 23.3 Å². The first-order valence-corrected chi connectivity index (χ1v) is 10.5. The van der Waals surface area contributed by atoms with E-state index in [0.717, 1.165) is 15.8 Å². The number of hydrogen-bond acceptors (Lipinski definition) is 8. The van der Waals surface area contributed by atoms with Crippen LogP contribution >= 0.6 is 0 Å². The monoisotopic (exact) mass is 482 g/mol. The van der Waals surface area contributed by atoms with Crippen LogP contribution in [0.2, 0.25) is 0 Å². The van der Waals surface area contributed by atoms with Gasteiger partial charge < -0.3 is 0 Å². The van der Waals surface area contributed by atoms with E-state index in [4.69, 9.17) is 0 Å². The van der Waals surface area contributed by atoms with Crippen LogP contribution in [0.4, 0.5) is 5.69 Å². The van der Waals surface area contributed by atoms with E-state index in [0.29, 0.717) is 0 Å². The number of carbonyl (C=O) groups is 2. The van der Waals surface area contributed by atoms with E-state index in [1.54, 1.807) is 24.3 Å². The van der Waals surface area contributed by atoms with Gasteiger partial charge in [0.25, 0.3) is 17.5 Å². The molecule has 2 amide bonds. The molecular weight excluding hydrogens is 464 g/mol. The predicted octanol–water partition coefficient (Wildman–Crippen LogP) is 2.70. The van der Waals surface area contributed by atoms with Gasteiger partial charge >= 0.3 is 0 Å². The number of amides is 2. The molecule has 12 nitrogen and oxygen atoms in total. The summed E-state index contributed by atoms with van der Waals surface area (Å²) >= 11 is 0. The molecule has 3 aromatic carbocycles. The Labute approximate surface area is 204 Å². The largest absolute Gasteiger partial charge is 0.294 e. The molecule has 0 atom stereocenters. The summed E-state index contributed by atoms with van der Waals surface area (Å²) in [5.74, 6) is -1.56. The molecule has 4 rings (SSSR count). The molecule has 178 valence electrons. The van der Waals surface area contributed by atoms with Crippen molar-refractivity contribution in [2.45, 2.75) is 0 Å². The molecular formula is C24H18N8O4. The minimum atomic E-state index is -0.785. The molecule has 0 radical (unpaired) electrons. The van der Waals surface area contributed by atoms with Crippen molar-refractivity contribution in [2.75, 3.05) is 0 Å². The smallest absolute Gasteiger partial charge is 0.265 e. The van der Waals surface area contributed by atoms with Gasteiger partial charge in [-0.15, -0.1) is 5.10 Å². The van der Waals surface area contributed by atoms with Crippen molar-refractivity contribution in [3.63, 3.8) is 0 Å². The van der Waals surface area contributed by atoms with E-state index in [9.17, 15) is 19.7 Å². The summed E-state index contributed by atoms with van der Waals surface area (Å²) in [4.78, 5) is 36.3.